The summed E-state index contributed by atoms with van der Waals surface area (Å²) in [4.78, 5) is 30.8. The zero-order valence-corrected chi connectivity index (χ0v) is 19.7. The van der Waals surface area contributed by atoms with Gasteiger partial charge in [0.2, 0.25) is 0 Å². The number of thiocarbonyl (C=S) groups is 1. The second-order valence-corrected chi connectivity index (χ2v) is 10.8. The van der Waals surface area contributed by atoms with Crippen LogP contribution >= 0.6 is 24.0 Å². The zero-order chi connectivity index (χ0) is 22.1. The molecule has 3 heterocycles. The second kappa shape index (κ2) is 6.78. The SMILES string of the molecule is CCN1C(=O)/C(=C2/C(=O)N3c4c2cccc4[C@](C)(c2ccccc2)CC3(C)C)SC1=S. The summed E-state index contributed by atoms with van der Waals surface area (Å²) in [6.45, 7) is 8.90. The Morgan fingerprint density at radius 1 is 1.00 bits per heavy atom. The summed E-state index contributed by atoms with van der Waals surface area (Å²) in [6.07, 6.45) is 0.787. The van der Waals surface area contributed by atoms with Crippen molar-refractivity contribution in [3.05, 3.63) is 70.1 Å². The largest absolute Gasteiger partial charge is 0.302 e. The number of para-hydroxylation sites is 1. The molecule has 3 aliphatic rings. The number of amides is 2. The molecule has 0 bridgehead atoms. The van der Waals surface area contributed by atoms with Crippen LogP contribution in [0.1, 0.15) is 50.8 Å². The second-order valence-electron chi connectivity index (χ2n) is 9.15. The van der Waals surface area contributed by atoms with Crippen LogP contribution in [-0.4, -0.2) is 33.1 Å². The first kappa shape index (κ1) is 20.5. The lowest BCUT2D eigenvalue weighted by molar-refractivity contribution is -0.122. The number of hydrogen-bond donors (Lipinski definition) is 0. The molecule has 1 saturated heterocycles. The molecule has 0 spiro atoms. The molecule has 158 valence electrons. The minimum atomic E-state index is -0.412. The molecule has 2 aromatic rings. The molecule has 1 atom stereocenters. The molecule has 2 amide bonds. The fourth-order valence-corrected chi connectivity index (χ4v) is 6.94. The summed E-state index contributed by atoms with van der Waals surface area (Å²) < 4.78 is 0.516. The van der Waals surface area contributed by atoms with E-state index in [4.69, 9.17) is 12.2 Å². The average molecular weight is 449 g/mol. The number of carbonyl (C=O) groups is 2. The first-order valence-electron chi connectivity index (χ1n) is 10.5. The van der Waals surface area contributed by atoms with Crippen molar-refractivity contribution in [2.75, 3.05) is 11.4 Å². The van der Waals surface area contributed by atoms with E-state index in [0.29, 0.717) is 21.3 Å². The molecule has 0 N–H and O–H groups in total. The van der Waals surface area contributed by atoms with Crippen molar-refractivity contribution in [3.63, 3.8) is 0 Å². The monoisotopic (exact) mass is 448 g/mol. The molecule has 1 fully saturated rings. The Balaban J connectivity index is 1.79. The van der Waals surface area contributed by atoms with Crippen molar-refractivity contribution in [2.45, 2.75) is 45.1 Å². The van der Waals surface area contributed by atoms with Crippen LogP contribution in [0.15, 0.2) is 53.4 Å². The first-order chi connectivity index (χ1) is 14.7. The van der Waals surface area contributed by atoms with E-state index in [1.807, 2.05) is 30.0 Å². The molecule has 2 aromatic carbocycles. The van der Waals surface area contributed by atoms with Gasteiger partial charge in [0, 0.05) is 23.1 Å². The highest BCUT2D eigenvalue weighted by molar-refractivity contribution is 8.26. The van der Waals surface area contributed by atoms with Gasteiger partial charge in [0.05, 0.1) is 16.2 Å². The Kier molecular flexibility index (Phi) is 4.47. The van der Waals surface area contributed by atoms with Crippen LogP contribution in [0.5, 0.6) is 0 Å². The maximum atomic E-state index is 13.8. The molecule has 6 heteroatoms. The van der Waals surface area contributed by atoms with E-state index in [9.17, 15) is 9.59 Å². The number of likely N-dealkylation sites (N-methyl/N-ethyl adjacent to an activating group) is 1. The third kappa shape index (κ3) is 2.71. The van der Waals surface area contributed by atoms with Crippen LogP contribution in [0.2, 0.25) is 0 Å². The lowest BCUT2D eigenvalue weighted by Crippen LogP contribution is -2.54. The molecule has 3 aliphatic heterocycles. The van der Waals surface area contributed by atoms with Gasteiger partial charge in [-0.15, -0.1) is 0 Å². The molecule has 5 rings (SSSR count). The Hall–Kier alpha value is -2.44. The van der Waals surface area contributed by atoms with Gasteiger partial charge in [-0.1, -0.05) is 79.4 Å². The van der Waals surface area contributed by atoms with E-state index in [2.05, 4.69) is 51.1 Å². The summed E-state index contributed by atoms with van der Waals surface area (Å²) in [6, 6.07) is 16.6. The highest BCUT2D eigenvalue weighted by Crippen LogP contribution is 2.57. The molecule has 0 saturated carbocycles. The van der Waals surface area contributed by atoms with E-state index in [0.717, 1.165) is 23.2 Å². The zero-order valence-electron chi connectivity index (χ0n) is 18.1. The summed E-state index contributed by atoms with van der Waals surface area (Å²) in [5.74, 6) is -0.263. The van der Waals surface area contributed by atoms with Gasteiger partial charge in [-0.2, -0.15) is 0 Å². The van der Waals surface area contributed by atoms with Crippen LogP contribution in [-0.2, 0) is 15.0 Å². The fourth-order valence-electron chi connectivity index (χ4n) is 5.48. The van der Waals surface area contributed by atoms with E-state index >= 15 is 0 Å². The highest BCUT2D eigenvalue weighted by Gasteiger charge is 2.54. The van der Waals surface area contributed by atoms with Gasteiger partial charge in [0.15, 0.2) is 0 Å². The molecular formula is C25H24N2O2S2. The molecule has 0 aliphatic carbocycles. The number of nitrogens with zero attached hydrogens (tertiary/aromatic N) is 2. The number of anilines is 1. The Morgan fingerprint density at radius 2 is 1.71 bits per heavy atom. The maximum absolute atomic E-state index is 13.8. The van der Waals surface area contributed by atoms with Gasteiger partial charge < -0.3 is 4.90 Å². The van der Waals surface area contributed by atoms with Crippen molar-refractivity contribution in [1.29, 1.82) is 0 Å². The van der Waals surface area contributed by atoms with Crippen LogP contribution in [0, 0.1) is 0 Å². The van der Waals surface area contributed by atoms with Gasteiger partial charge in [-0.25, -0.2) is 0 Å². The lowest BCUT2D eigenvalue weighted by Gasteiger charge is -2.49. The van der Waals surface area contributed by atoms with Crippen molar-refractivity contribution in [1.82, 2.24) is 4.90 Å². The first-order valence-corrected chi connectivity index (χ1v) is 11.7. The minimum absolute atomic E-state index is 0.0980. The standard InChI is InChI=1S/C25H24N2O2S2/c1-5-26-22(29)20(31-23(26)30)18-16-12-9-13-17-19(16)27(21(18)28)24(2,3)14-25(17,4)15-10-7-6-8-11-15/h6-13H,5,14H2,1-4H3/b20-18-/t25-/m0/s1. The number of hydrogen-bond acceptors (Lipinski definition) is 4. The van der Waals surface area contributed by atoms with Crippen LogP contribution in [0.3, 0.4) is 0 Å². The summed E-state index contributed by atoms with van der Waals surface area (Å²) in [7, 11) is 0. The predicted octanol–water partition coefficient (Wildman–Crippen LogP) is 5.11. The van der Waals surface area contributed by atoms with Gasteiger partial charge in [0.1, 0.15) is 4.32 Å². The Labute approximate surface area is 192 Å². The minimum Gasteiger partial charge on any atom is -0.302 e. The smallest absolute Gasteiger partial charge is 0.266 e. The van der Waals surface area contributed by atoms with E-state index in [1.54, 1.807) is 4.90 Å². The van der Waals surface area contributed by atoms with Gasteiger partial charge in [-0.3, -0.25) is 14.5 Å². The molecule has 0 unspecified atom stereocenters. The topological polar surface area (TPSA) is 40.6 Å². The van der Waals surface area contributed by atoms with Gasteiger partial charge in [0.25, 0.3) is 11.8 Å². The summed E-state index contributed by atoms with van der Waals surface area (Å²) in [5.41, 5.74) is 3.98. The highest BCUT2D eigenvalue weighted by atomic mass is 32.2. The number of thioether (sulfide) groups is 1. The predicted molar refractivity (Wildman–Crippen MR) is 130 cm³/mol. The number of benzene rings is 2. The van der Waals surface area contributed by atoms with Crippen LogP contribution in [0.25, 0.3) is 5.57 Å². The Bertz CT molecular complexity index is 1190. The summed E-state index contributed by atoms with van der Waals surface area (Å²) in [5, 5.41) is 0. The third-order valence-corrected chi connectivity index (χ3v) is 8.18. The van der Waals surface area contributed by atoms with Crippen molar-refractivity contribution >= 4 is 51.4 Å². The molecule has 31 heavy (non-hydrogen) atoms. The molecular weight excluding hydrogens is 424 g/mol. The quantitative estimate of drug-likeness (QED) is 0.473. The average Bonchev–Trinajstić information content (AvgIpc) is 3.19. The van der Waals surface area contributed by atoms with Gasteiger partial charge >= 0.3 is 0 Å². The normalized spacial score (nSPS) is 26.6. The third-order valence-electron chi connectivity index (χ3n) is 6.74. The van der Waals surface area contributed by atoms with Crippen molar-refractivity contribution < 1.29 is 9.59 Å². The molecule has 4 nitrogen and oxygen atoms in total. The molecule has 0 aromatic heterocycles. The van der Waals surface area contributed by atoms with Gasteiger partial charge in [-0.05, 0) is 38.3 Å². The number of carbonyl (C=O) groups excluding carboxylic acids is 2. The lowest BCUT2D eigenvalue weighted by atomic mass is 9.65. The van der Waals surface area contributed by atoms with Crippen molar-refractivity contribution in [2.24, 2.45) is 0 Å². The summed E-state index contributed by atoms with van der Waals surface area (Å²) >= 11 is 6.66. The van der Waals surface area contributed by atoms with Crippen LogP contribution in [0.4, 0.5) is 5.69 Å². The Morgan fingerprint density at radius 3 is 2.35 bits per heavy atom. The number of rotatable bonds is 2. The van der Waals surface area contributed by atoms with E-state index in [1.165, 1.54) is 17.3 Å². The van der Waals surface area contributed by atoms with E-state index < -0.39 is 5.54 Å². The van der Waals surface area contributed by atoms with E-state index in [-0.39, 0.29) is 17.2 Å². The maximum Gasteiger partial charge on any atom is 0.266 e. The van der Waals surface area contributed by atoms with Crippen molar-refractivity contribution in [3.8, 4) is 0 Å². The van der Waals surface area contributed by atoms with Crippen LogP contribution < -0.4 is 4.90 Å². The molecule has 0 radical (unpaired) electrons. The fraction of sp³-hybridized carbons (Fsp3) is 0.320.